The maximum atomic E-state index is 13.8. The summed E-state index contributed by atoms with van der Waals surface area (Å²) in [5, 5.41) is 3.66. The summed E-state index contributed by atoms with van der Waals surface area (Å²) in [4.78, 5) is 22.0. The second-order valence-corrected chi connectivity index (χ2v) is 7.30. The van der Waals surface area contributed by atoms with Gasteiger partial charge < -0.3 is 5.32 Å². The van der Waals surface area contributed by atoms with Crippen molar-refractivity contribution in [3.05, 3.63) is 52.4 Å². The Kier molecular flexibility index (Phi) is 4.78. The molecule has 2 saturated carbocycles. The van der Waals surface area contributed by atoms with Crippen LogP contribution in [0.25, 0.3) is 0 Å². The molecule has 0 atom stereocenters. The minimum absolute atomic E-state index is 0.292. The van der Waals surface area contributed by atoms with E-state index < -0.39 is 11.7 Å². The first kappa shape index (κ1) is 17.2. The first-order chi connectivity index (χ1) is 12.6. The minimum Gasteiger partial charge on any atom is -0.339 e. The lowest BCUT2D eigenvalue weighted by Crippen LogP contribution is -2.25. The number of nitrogens with zero attached hydrogens (tertiary/aromatic N) is 1. The van der Waals surface area contributed by atoms with Crippen LogP contribution in [0.1, 0.15) is 47.5 Å². The third-order valence-corrected chi connectivity index (χ3v) is 4.77. The molecule has 1 amide bonds. The molecule has 0 radical (unpaired) electrons. The standard InChI is InChI=1S/C19H19ClFN3O2/c20-13-7-16(12-3-4-12)18(22-9-13)23-17-8-14(21)5-6-15(17)19(25)24-26-10-11-1-2-11/h5-9,11-12H,1-4,10H2,(H,22,23)(H,24,25). The summed E-state index contributed by atoms with van der Waals surface area (Å²) in [5.41, 5.74) is 4.05. The number of aromatic nitrogens is 1. The van der Waals surface area contributed by atoms with Gasteiger partial charge in [-0.1, -0.05) is 11.6 Å². The van der Waals surface area contributed by atoms with E-state index in [-0.39, 0.29) is 0 Å². The van der Waals surface area contributed by atoms with Crippen molar-refractivity contribution in [3.8, 4) is 0 Å². The summed E-state index contributed by atoms with van der Waals surface area (Å²) >= 11 is 6.06. The molecule has 2 aromatic rings. The van der Waals surface area contributed by atoms with Crippen LogP contribution in [0.5, 0.6) is 0 Å². The molecule has 5 nitrogen and oxygen atoms in total. The quantitative estimate of drug-likeness (QED) is 0.696. The molecular formula is C19H19ClFN3O2. The Morgan fingerprint density at radius 2 is 2.08 bits per heavy atom. The number of carbonyl (C=O) groups excluding carboxylic acids is 1. The average Bonchev–Trinajstić information content (AvgIpc) is 3.50. The molecule has 136 valence electrons. The number of halogens is 2. The maximum absolute atomic E-state index is 13.8. The molecule has 0 aliphatic heterocycles. The molecule has 1 heterocycles. The van der Waals surface area contributed by atoms with Gasteiger partial charge in [-0.3, -0.25) is 9.63 Å². The van der Waals surface area contributed by atoms with E-state index in [0.717, 1.165) is 31.2 Å². The lowest BCUT2D eigenvalue weighted by atomic mass is 10.1. The number of hydrogen-bond donors (Lipinski definition) is 2. The number of carbonyl (C=O) groups is 1. The van der Waals surface area contributed by atoms with Crippen molar-refractivity contribution in [1.29, 1.82) is 0 Å². The molecule has 1 aromatic heterocycles. The van der Waals surface area contributed by atoms with E-state index >= 15 is 0 Å². The van der Waals surface area contributed by atoms with Gasteiger partial charge in [0.25, 0.3) is 5.91 Å². The summed E-state index contributed by atoms with van der Waals surface area (Å²) < 4.78 is 13.8. The minimum atomic E-state index is -0.440. The van der Waals surface area contributed by atoms with E-state index in [0.29, 0.717) is 40.5 Å². The van der Waals surface area contributed by atoms with Crippen molar-refractivity contribution in [1.82, 2.24) is 10.5 Å². The van der Waals surface area contributed by atoms with Gasteiger partial charge in [-0.25, -0.2) is 14.9 Å². The fraction of sp³-hybridized carbons (Fsp3) is 0.368. The first-order valence-electron chi connectivity index (χ1n) is 8.74. The van der Waals surface area contributed by atoms with Crippen LogP contribution in [0.2, 0.25) is 5.02 Å². The second-order valence-electron chi connectivity index (χ2n) is 6.87. The largest absolute Gasteiger partial charge is 0.339 e. The molecule has 2 N–H and O–H groups in total. The topological polar surface area (TPSA) is 63.2 Å². The third-order valence-electron chi connectivity index (χ3n) is 4.56. The highest BCUT2D eigenvalue weighted by Crippen LogP contribution is 2.44. The van der Waals surface area contributed by atoms with Crippen LogP contribution in [-0.4, -0.2) is 17.5 Å². The SMILES string of the molecule is O=C(NOCC1CC1)c1ccc(F)cc1Nc1ncc(Cl)cc1C1CC1. The Morgan fingerprint density at radius 1 is 1.27 bits per heavy atom. The highest BCUT2D eigenvalue weighted by Gasteiger charge is 2.28. The molecule has 2 fully saturated rings. The molecule has 4 rings (SSSR count). The summed E-state index contributed by atoms with van der Waals surface area (Å²) in [6.07, 6.45) is 5.94. The van der Waals surface area contributed by atoms with E-state index in [4.69, 9.17) is 16.4 Å². The number of nitrogens with one attached hydrogen (secondary N) is 2. The monoisotopic (exact) mass is 375 g/mol. The molecule has 0 unspecified atom stereocenters. The summed E-state index contributed by atoms with van der Waals surface area (Å²) in [5.74, 6) is 0.660. The highest BCUT2D eigenvalue weighted by atomic mass is 35.5. The lowest BCUT2D eigenvalue weighted by molar-refractivity contribution is 0.0271. The number of hydroxylamine groups is 1. The summed E-state index contributed by atoms with van der Waals surface area (Å²) in [7, 11) is 0. The van der Waals surface area contributed by atoms with Gasteiger partial charge >= 0.3 is 0 Å². The Balaban J connectivity index is 1.55. The molecule has 0 bridgehead atoms. The van der Waals surface area contributed by atoms with Gasteiger partial charge in [0.05, 0.1) is 22.9 Å². The van der Waals surface area contributed by atoms with Crippen LogP contribution in [0.3, 0.4) is 0 Å². The molecule has 0 spiro atoms. The van der Waals surface area contributed by atoms with Gasteiger partial charge in [-0.2, -0.15) is 0 Å². The van der Waals surface area contributed by atoms with Crippen LogP contribution in [0, 0.1) is 11.7 Å². The summed E-state index contributed by atoms with van der Waals surface area (Å²) in [6.45, 7) is 0.500. The smallest absolute Gasteiger partial charge is 0.276 e. The lowest BCUT2D eigenvalue weighted by Gasteiger charge is -2.14. The number of hydrogen-bond acceptors (Lipinski definition) is 4. The van der Waals surface area contributed by atoms with Gasteiger partial charge in [0.15, 0.2) is 0 Å². The maximum Gasteiger partial charge on any atom is 0.276 e. The number of amides is 1. The van der Waals surface area contributed by atoms with Crippen LogP contribution < -0.4 is 10.8 Å². The third kappa shape index (κ3) is 4.14. The number of benzene rings is 1. The van der Waals surface area contributed by atoms with Crippen LogP contribution >= 0.6 is 11.6 Å². The first-order valence-corrected chi connectivity index (χ1v) is 9.12. The Hall–Kier alpha value is -2.18. The molecule has 2 aliphatic carbocycles. The van der Waals surface area contributed by atoms with E-state index in [9.17, 15) is 9.18 Å². The van der Waals surface area contributed by atoms with Crippen molar-refractivity contribution in [2.24, 2.45) is 5.92 Å². The zero-order valence-corrected chi connectivity index (χ0v) is 14.9. The zero-order chi connectivity index (χ0) is 18.1. The van der Waals surface area contributed by atoms with Crippen molar-refractivity contribution in [2.75, 3.05) is 11.9 Å². The van der Waals surface area contributed by atoms with E-state index in [2.05, 4.69) is 15.8 Å². The van der Waals surface area contributed by atoms with E-state index in [1.807, 2.05) is 6.07 Å². The Labute approximate surface area is 155 Å². The molecule has 1 aromatic carbocycles. The number of rotatable bonds is 7. The average molecular weight is 376 g/mol. The van der Waals surface area contributed by atoms with Crippen molar-refractivity contribution < 1.29 is 14.0 Å². The highest BCUT2D eigenvalue weighted by molar-refractivity contribution is 6.30. The fourth-order valence-electron chi connectivity index (χ4n) is 2.77. The van der Waals surface area contributed by atoms with Crippen LogP contribution in [0.15, 0.2) is 30.5 Å². The number of pyridine rings is 1. The number of anilines is 2. The van der Waals surface area contributed by atoms with Crippen molar-refractivity contribution >= 4 is 29.0 Å². The van der Waals surface area contributed by atoms with E-state index in [1.165, 1.54) is 24.4 Å². The zero-order valence-electron chi connectivity index (χ0n) is 14.1. The predicted octanol–water partition coefficient (Wildman–Crippen LogP) is 4.57. The van der Waals surface area contributed by atoms with Gasteiger partial charge in [-0.05, 0) is 67.3 Å². The molecule has 0 saturated heterocycles. The molecule has 2 aliphatic rings. The van der Waals surface area contributed by atoms with Crippen molar-refractivity contribution in [3.63, 3.8) is 0 Å². The molecule has 7 heteroatoms. The van der Waals surface area contributed by atoms with Crippen LogP contribution in [0.4, 0.5) is 15.9 Å². The van der Waals surface area contributed by atoms with Crippen molar-refractivity contribution in [2.45, 2.75) is 31.6 Å². The normalized spacial score (nSPS) is 16.4. The van der Waals surface area contributed by atoms with Gasteiger partial charge in [0, 0.05) is 6.20 Å². The van der Waals surface area contributed by atoms with Gasteiger partial charge in [0.2, 0.25) is 0 Å². The Morgan fingerprint density at radius 3 is 2.81 bits per heavy atom. The van der Waals surface area contributed by atoms with Crippen LogP contribution in [-0.2, 0) is 4.84 Å². The van der Waals surface area contributed by atoms with E-state index in [1.54, 1.807) is 0 Å². The van der Waals surface area contributed by atoms with Gasteiger partial charge in [0.1, 0.15) is 11.6 Å². The van der Waals surface area contributed by atoms with Gasteiger partial charge in [-0.15, -0.1) is 0 Å². The molecular weight excluding hydrogens is 357 g/mol. The second kappa shape index (κ2) is 7.21. The molecule has 26 heavy (non-hydrogen) atoms. The Bertz CT molecular complexity index is 838. The predicted molar refractivity (Wildman–Crippen MR) is 97.0 cm³/mol. The fourth-order valence-corrected chi connectivity index (χ4v) is 2.94. The summed E-state index contributed by atoms with van der Waals surface area (Å²) in [6, 6.07) is 5.83.